The first-order valence-electron chi connectivity index (χ1n) is 9.61. The Labute approximate surface area is 164 Å². The molecule has 1 aliphatic rings. The summed E-state index contributed by atoms with van der Waals surface area (Å²) in [6.07, 6.45) is -0.165. The molecule has 1 aliphatic heterocycles. The minimum Gasteiger partial charge on any atom is -0.382 e. The molecule has 0 saturated carbocycles. The lowest BCUT2D eigenvalue weighted by molar-refractivity contribution is -0.124. The van der Waals surface area contributed by atoms with Crippen molar-refractivity contribution in [1.29, 1.82) is 0 Å². The van der Waals surface area contributed by atoms with E-state index in [0.29, 0.717) is 13.2 Å². The summed E-state index contributed by atoms with van der Waals surface area (Å²) in [4.78, 5) is 0. The second kappa shape index (κ2) is 8.23. The number of rotatable bonds is 5. The zero-order chi connectivity index (χ0) is 19.4. The van der Waals surface area contributed by atoms with Crippen molar-refractivity contribution in [3.05, 3.63) is 95.8 Å². The summed E-state index contributed by atoms with van der Waals surface area (Å²) in [6.45, 7) is 1.84. The molecule has 1 fully saturated rings. The highest BCUT2D eigenvalue weighted by Gasteiger charge is 2.41. The van der Waals surface area contributed by atoms with E-state index in [9.17, 15) is 9.50 Å². The SMILES string of the molecule is O[C@](Cc1cc(F)ccc1-c1ccccc1)(c1ccccc1)[C@@H]1CNCCO1. The lowest BCUT2D eigenvalue weighted by Gasteiger charge is -2.39. The van der Waals surface area contributed by atoms with Gasteiger partial charge in [0.15, 0.2) is 0 Å². The molecule has 3 aromatic rings. The molecule has 4 heteroatoms. The van der Waals surface area contributed by atoms with E-state index in [1.807, 2.05) is 60.7 Å². The second-order valence-electron chi connectivity index (χ2n) is 7.20. The number of halogens is 1. The Kier molecular flexibility index (Phi) is 5.53. The van der Waals surface area contributed by atoms with E-state index in [0.717, 1.165) is 28.8 Å². The van der Waals surface area contributed by atoms with E-state index in [4.69, 9.17) is 4.74 Å². The van der Waals surface area contributed by atoms with Crippen molar-refractivity contribution >= 4 is 0 Å². The van der Waals surface area contributed by atoms with Crippen LogP contribution in [0.5, 0.6) is 0 Å². The Morgan fingerprint density at radius 3 is 2.39 bits per heavy atom. The van der Waals surface area contributed by atoms with Crippen molar-refractivity contribution in [2.75, 3.05) is 19.7 Å². The Hall–Kier alpha value is -2.53. The van der Waals surface area contributed by atoms with Crippen LogP contribution < -0.4 is 5.32 Å². The zero-order valence-electron chi connectivity index (χ0n) is 15.6. The topological polar surface area (TPSA) is 41.5 Å². The van der Waals surface area contributed by atoms with Gasteiger partial charge in [0.05, 0.1) is 6.61 Å². The fraction of sp³-hybridized carbons (Fsp3) is 0.250. The molecule has 0 aliphatic carbocycles. The highest BCUT2D eigenvalue weighted by molar-refractivity contribution is 5.67. The average Bonchev–Trinajstić information content (AvgIpc) is 2.76. The number of benzene rings is 3. The van der Waals surface area contributed by atoms with Crippen LogP contribution in [-0.2, 0) is 16.8 Å². The third kappa shape index (κ3) is 3.85. The normalized spacial score (nSPS) is 19.1. The summed E-state index contributed by atoms with van der Waals surface area (Å²) in [6, 6.07) is 24.2. The van der Waals surface area contributed by atoms with Gasteiger partial charge in [0.25, 0.3) is 0 Å². The summed E-state index contributed by atoms with van der Waals surface area (Å²) >= 11 is 0. The molecule has 0 unspecified atom stereocenters. The van der Waals surface area contributed by atoms with Crippen molar-refractivity contribution in [3.8, 4) is 11.1 Å². The molecule has 2 N–H and O–H groups in total. The lowest BCUT2D eigenvalue weighted by atomic mass is 9.80. The third-order valence-corrected chi connectivity index (χ3v) is 5.35. The maximum atomic E-state index is 14.2. The molecule has 0 radical (unpaired) electrons. The highest BCUT2D eigenvalue weighted by atomic mass is 19.1. The van der Waals surface area contributed by atoms with Crippen LogP contribution in [-0.4, -0.2) is 30.9 Å². The maximum absolute atomic E-state index is 14.2. The van der Waals surface area contributed by atoms with E-state index >= 15 is 0 Å². The molecule has 1 heterocycles. The number of hydrogen-bond acceptors (Lipinski definition) is 3. The van der Waals surface area contributed by atoms with Crippen LogP contribution in [0.4, 0.5) is 4.39 Å². The Morgan fingerprint density at radius 2 is 1.71 bits per heavy atom. The van der Waals surface area contributed by atoms with Gasteiger partial charge in [-0.2, -0.15) is 0 Å². The number of nitrogens with one attached hydrogen (secondary N) is 1. The zero-order valence-corrected chi connectivity index (χ0v) is 15.6. The van der Waals surface area contributed by atoms with Crippen molar-refractivity contribution in [2.45, 2.75) is 18.1 Å². The van der Waals surface area contributed by atoms with Gasteiger partial charge in [0.2, 0.25) is 0 Å². The number of hydrogen-bond donors (Lipinski definition) is 2. The van der Waals surface area contributed by atoms with Gasteiger partial charge >= 0.3 is 0 Å². The Bertz CT molecular complexity index is 910. The van der Waals surface area contributed by atoms with Gasteiger partial charge in [0.1, 0.15) is 17.5 Å². The van der Waals surface area contributed by atoms with E-state index in [2.05, 4.69) is 5.32 Å². The summed E-state index contributed by atoms with van der Waals surface area (Å²) in [5.74, 6) is -0.312. The van der Waals surface area contributed by atoms with Crippen LogP contribution in [0.1, 0.15) is 11.1 Å². The fourth-order valence-electron chi connectivity index (χ4n) is 3.90. The minimum atomic E-state index is -1.27. The third-order valence-electron chi connectivity index (χ3n) is 5.35. The molecule has 0 amide bonds. The van der Waals surface area contributed by atoms with Gasteiger partial charge < -0.3 is 15.2 Å². The van der Waals surface area contributed by atoms with Gasteiger partial charge in [-0.25, -0.2) is 4.39 Å². The van der Waals surface area contributed by atoms with Gasteiger partial charge in [-0.15, -0.1) is 0 Å². The summed E-state index contributed by atoms with van der Waals surface area (Å²) in [7, 11) is 0. The van der Waals surface area contributed by atoms with Gasteiger partial charge in [-0.05, 0) is 34.4 Å². The molecule has 144 valence electrons. The smallest absolute Gasteiger partial charge is 0.123 e. The largest absolute Gasteiger partial charge is 0.382 e. The van der Waals surface area contributed by atoms with E-state index in [1.165, 1.54) is 12.1 Å². The molecule has 0 spiro atoms. The van der Waals surface area contributed by atoms with Crippen molar-refractivity contribution in [2.24, 2.45) is 0 Å². The quantitative estimate of drug-likeness (QED) is 0.708. The van der Waals surface area contributed by atoms with Gasteiger partial charge in [-0.1, -0.05) is 66.7 Å². The molecule has 2 atom stereocenters. The predicted octanol–water partition coefficient (Wildman–Crippen LogP) is 3.91. The number of ether oxygens (including phenoxy) is 1. The van der Waals surface area contributed by atoms with Gasteiger partial charge in [0, 0.05) is 19.5 Å². The van der Waals surface area contributed by atoms with Crippen molar-refractivity contribution < 1.29 is 14.2 Å². The van der Waals surface area contributed by atoms with Crippen LogP contribution in [0.2, 0.25) is 0 Å². The van der Waals surface area contributed by atoms with Crippen molar-refractivity contribution in [1.82, 2.24) is 5.32 Å². The first kappa shape index (κ1) is 18.8. The molecule has 28 heavy (non-hydrogen) atoms. The molecule has 4 rings (SSSR count). The monoisotopic (exact) mass is 377 g/mol. The minimum absolute atomic E-state index is 0.255. The van der Waals surface area contributed by atoms with Crippen LogP contribution in [0.15, 0.2) is 78.9 Å². The standard InChI is InChI=1S/C24H24FNO2/c25-21-11-12-22(18-7-3-1-4-8-18)19(15-21)16-24(27,20-9-5-2-6-10-20)23-17-26-13-14-28-23/h1-12,15,23,26-27H,13-14,16-17H2/t23-,24+/m0/s1. The van der Waals surface area contributed by atoms with Crippen LogP contribution in [0.3, 0.4) is 0 Å². The van der Waals surface area contributed by atoms with Crippen molar-refractivity contribution in [3.63, 3.8) is 0 Å². The molecule has 3 aromatic carbocycles. The van der Waals surface area contributed by atoms with Crippen LogP contribution in [0, 0.1) is 5.82 Å². The molecular weight excluding hydrogens is 353 g/mol. The highest BCUT2D eigenvalue weighted by Crippen LogP contribution is 2.35. The molecule has 0 bridgehead atoms. The summed E-state index contributed by atoms with van der Waals surface area (Å²) in [5.41, 5.74) is 2.17. The lowest BCUT2D eigenvalue weighted by Crippen LogP contribution is -2.52. The van der Waals surface area contributed by atoms with Gasteiger partial charge in [-0.3, -0.25) is 0 Å². The van der Waals surface area contributed by atoms with E-state index < -0.39 is 11.7 Å². The predicted molar refractivity (Wildman–Crippen MR) is 108 cm³/mol. The number of morpholine rings is 1. The second-order valence-corrected chi connectivity index (χ2v) is 7.20. The van der Waals surface area contributed by atoms with E-state index in [1.54, 1.807) is 6.07 Å². The fourth-order valence-corrected chi connectivity index (χ4v) is 3.90. The van der Waals surface area contributed by atoms with Crippen LogP contribution in [0.25, 0.3) is 11.1 Å². The molecular formula is C24H24FNO2. The molecule has 1 saturated heterocycles. The maximum Gasteiger partial charge on any atom is 0.123 e. The summed E-state index contributed by atoms with van der Waals surface area (Å²) < 4.78 is 20.1. The Balaban J connectivity index is 1.78. The van der Waals surface area contributed by atoms with E-state index in [-0.39, 0.29) is 12.2 Å². The Morgan fingerprint density at radius 1 is 1.00 bits per heavy atom. The average molecular weight is 377 g/mol. The molecule has 0 aromatic heterocycles. The summed E-state index contributed by atoms with van der Waals surface area (Å²) in [5, 5.41) is 15.1. The molecule has 3 nitrogen and oxygen atoms in total. The first-order valence-corrected chi connectivity index (χ1v) is 9.61. The number of aliphatic hydroxyl groups is 1. The van der Waals surface area contributed by atoms with Crippen LogP contribution >= 0.6 is 0 Å². The first-order chi connectivity index (χ1) is 13.7.